The largest absolute Gasteiger partial charge is 0.506 e. The Hall–Kier alpha value is -3.59. The molecule has 2 heterocycles. The summed E-state index contributed by atoms with van der Waals surface area (Å²) >= 11 is 5.74. The molecular weight excluding hydrogens is 413 g/mol. The predicted octanol–water partition coefficient (Wildman–Crippen LogP) is 4.16. The molecule has 0 aliphatic heterocycles. The van der Waals surface area contributed by atoms with Gasteiger partial charge in [0.1, 0.15) is 30.3 Å². The number of phenols is 1. The third kappa shape index (κ3) is 4.06. The number of halogens is 2. The van der Waals surface area contributed by atoms with Crippen LogP contribution < -0.4 is 14.8 Å². The summed E-state index contributed by atoms with van der Waals surface area (Å²) in [4.78, 5) is 12.4. The highest BCUT2D eigenvalue weighted by molar-refractivity contribution is 6.32. The molecule has 154 valence electrons. The number of aromatic hydroxyl groups is 1. The van der Waals surface area contributed by atoms with Crippen molar-refractivity contribution in [2.75, 3.05) is 19.0 Å². The van der Waals surface area contributed by atoms with Crippen molar-refractivity contribution in [1.82, 2.24) is 19.5 Å². The van der Waals surface area contributed by atoms with E-state index < -0.39 is 5.82 Å². The normalized spacial score (nSPS) is 10.9. The molecule has 10 heteroatoms. The van der Waals surface area contributed by atoms with Crippen LogP contribution in [0.15, 0.2) is 49.3 Å². The second kappa shape index (κ2) is 8.42. The molecular formula is C20H17ClFN5O3. The van der Waals surface area contributed by atoms with Crippen molar-refractivity contribution < 1.29 is 19.0 Å². The molecule has 0 atom stereocenters. The number of fused-ring (bicyclic) bond motifs is 1. The fourth-order valence-corrected chi connectivity index (χ4v) is 3.03. The van der Waals surface area contributed by atoms with E-state index in [0.717, 1.165) is 6.07 Å². The number of ether oxygens (including phenoxy) is 2. The molecule has 0 saturated heterocycles. The third-order valence-corrected chi connectivity index (χ3v) is 4.68. The van der Waals surface area contributed by atoms with Crippen LogP contribution in [0.25, 0.3) is 10.9 Å². The van der Waals surface area contributed by atoms with Crippen LogP contribution in [-0.2, 0) is 6.54 Å². The standard InChI is InChI=1S/C20H17ClFN5O3/c1-29-18-6-12-15(9-19(18)30-5-4-27-3-2-23-11-27)24-10-25-20(12)26-16-8-17(28)13(21)7-14(16)22/h2-3,6-11,28H,4-5H2,1H3,(H,24,25,26). The van der Waals surface area contributed by atoms with Crippen molar-refractivity contribution in [3.05, 3.63) is 60.2 Å². The molecule has 0 unspecified atom stereocenters. The lowest BCUT2D eigenvalue weighted by Crippen LogP contribution is -2.07. The lowest BCUT2D eigenvalue weighted by molar-refractivity contribution is 0.280. The maximum Gasteiger partial charge on any atom is 0.163 e. The van der Waals surface area contributed by atoms with Crippen LogP contribution in [0.1, 0.15) is 0 Å². The number of anilines is 2. The summed E-state index contributed by atoms with van der Waals surface area (Å²) in [5.41, 5.74) is 0.598. The average molecular weight is 430 g/mol. The number of methoxy groups -OCH3 is 1. The van der Waals surface area contributed by atoms with E-state index in [1.54, 1.807) is 24.7 Å². The van der Waals surface area contributed by atoms with Gasteiger partial charge in [0, 0.05) is 29.9 Å². The average Bonchev–Trinajstić information content (AvgIpc) is 3.25. The smallest absolute Gasteiger partial charge is 0.163 e. The Morgan fingerprint density at radius 2 is 2.07 bits per heavy atom. The highest BCUT2D eigenvalue weighted by Gasteiger charge is 2.14. The summed E-state index contributed by atoms with van der Waals surface area (Å²) in [5, 5.41) is 13.1. The van der Waals surface area contributed by atoms with Gasteiger partial charge in [-0.15, -0.1) is 0 Å². The summed E-state index contributed by atoms with van der Waals surface area (Å²) in [5.74, 6) is 0.459. The molecule has 0 spiro atoms. The molecule has 0 radical (unpaired) electrons. The Kier molecular flexibility index (Phi) is 5.53. The maximum atomic E-state index is 14.2. The highest BCUT2D eigenvalue weighted by Crippen LogP contribution is 2.36. The van der Waals surface area contributed by atoms with Gasteiger partial charge in [-0.05, 0) is 12.1 Å². The van der Waals surface area contributed by atoms with Crippen LogP contribution in [0.5, 0.6) is 17.2 Å². The molecule has 2 aromatic carbocycles. The van der Waals surface area contributed by atoms with Crippen molar-refractivity contribution >= 4 is 34.0 Å². The van der Waals surface area contributed by atoms with Crippen molar-refractivity contribution in [2.24, 2.45) is 0 Å². The molecule has 2 N–H and O–H groups in total. The Morgan fingerprint density at radius 3 is 2.83 bits per heavy atom. The lowest BCUT2D eigenvalue weighted by atomic mass is 10.2. The highest BCUT2D eigenvalue weighted by atomic mass is 35.5. The van der Waals surface area contributed by atoms with Crippen molar-refractivity contribution in [3.8, 4) is 17.2 Å². The molecule has 2 aromatic heterocycles. The number of hydrogen-bond donors (Lipinski definition) is 2. The van der Waals surface area contributed by atoms with Crippen molar-refractivity contribution in [2.45, 2.75) is 6.54 Å². The van der Waals surface area contributed by atoms with Crippen LogP contribution in [0.3, 0.4) is 0 Å². The van der Waals surface area contributed by atoms with Gasteiger partial charge in [0.25, 0.3) is 0 Å². The molecule has 30 heavy (non-hydrogen) atoms. The van der Waals surface area contributed by atoms with E-state index in [-0.39, 0.29) is 16.5 Å². The number of imidazole rings is 1. The Balaban J connectivity index is 1.63. The van der Waals surface area contributed by atoms with Crippen molar-refractivity contribution in [3.63, 3.8) is 0 Å². The van der Waals surface area contributed by atoms with Crippen LogP contribution in [0.4, 0.5) is 15.9 Å². The lowest BCUT2D eigenvalue weighted by Gasteiger charge is -2.14. The Bertz CT molecular complexity index is 1190. The number of nitrogens with one attached hydrogen (secondary N) is 1. The van der Waals surface area contributed by atoms with Gasteiger partial charge < -0.3 is 24.5 Å². The van der Waals surface area contributed by atoms with Crippen LogP contribution >= 0.6 is 11.6 Å². The van der Waals surface area contributed by atoms with Gasteiger partial charge >= 0.3 is 0 Å². The number of benzene rings is 2. The molecule has 4 aromatic rings. The molecule has 4 rings (SSSR count). The molecule has 0 aliphatic carbocycles. The Labute approximate surface area is 175 Å². The van der Waals surface area contributed by atoms with E-state index in [4.69, 9.17) is 21.1 Å². The first-order chi connectivity index (χ1) is 14.5. The summed E-state index contributed by atoms with van der Waals surface area (Å²) in [6.07, 6.45) is 6.60. The fraction of sp³-hybridized carbons (Fsp3) is 0.150. The first-order valence-electron chi connectivity index (χ1n) is 8.91. The van der Waals surface area contributed by atoms with Gasteiger partial charge in [-0.25, -0.2) is 19.3 Å². The number of aromatic nitrogens is 4. The number of nitrogens with zero attached hydrogens (tertiary/aromatic N) is 4. The topological polar surface area (TPSA) is 94.3 Å². The van der Waals surface area contributed by atoms with Crippen molar-refractivity contribution in [1.29, 1.82) is 0 Å². The second-order valence-electron chi connectivity index (χ2n) is 6.30. The number of rotatable bonds is 7. The van der Waals surface area contributed by atoms with E-state index >= 15 is 0 Å². The zero-order valence-corrected chi connectivity index (χ0v) is 16.6. The van der Waals surface area contributed by atoms with Crippen LogP contribution in [-0.4, -0.2) is 38.3 Å². The molecule has 0 saturated carbocycles. The van der Waals surface area contributed by atoms with Gasteiger partial charge in [0.05, 0.1) is 36.2 Å². The zero-order valence-electron chi connectivity index (χ0n) is 15.8. The molecule has 8 nitrogen and oxygen atoms in total. The summed E-state index contributed by atoms with van der Waals surface area (Å²) in [6, 6.07) is 5.65. The second-order valence-corrected chi connectivity index (χ2v) is 6.71. The van der Waals surface area contributed by atoms with Gasteiger partial charge in [-0.2, -0.15) is 0 Å². The van der Waals surface area contributed by atoms with E-state index in [1.165, 1.54) is 19.5 Å². The van der Waals surface area contributed by atoms with Gasteiger partial charge in [-0.3, -0.25) is 0 Å². The van der Waals surface area contributed by atoms with E-state index in [1.807, 2.05) is 10.8 Å². The summed E-state index contributed by atoms with van der Waals surface area (Å²) < 4.78 is 27.4. The number of hydrogen-bond acceptors (Lipinski definition) is 7. The van der Waals surface area contributed by atoms with Crippen LogP contribution in [0.2, 0.25) is 5.02 Å². The molecule has 0 aliphatic rings. The molecule has 0 fully saturated rings. The fourth-order valence-electron chi connectivity index (χ4n) is 2.88. The van der Waals surface area contributed by atoms with E-state index in [0.29, 0.717) is 41.4 Å². The summed E-state index contributed by atoms with van der Waals surface area (Å²) in [6.45, 7) is 1.03. The minimum absolute atomic E-state index is 0.0246. The van der Waals surface area contributed by atoms with E-state index in [2.05, 4.69) is 20.3 Å². The van der Waals surface area contributed by atoms with E-state index in [9.17, 15) is 9.50 Å². The maximum absolute atomic E-state index is 14.2. The quantitative estimate of drug-likeness (QED) is 0.455. The SMILES string of the molecule is COc1cc2c(Nc3cc(O)c(Cl)cc3F)ncnc2cc1OCCn1ccnc1. The zero-order chi connectivity index (χ0) is 21.1. The predicted molar refractivity (Wildman–Crippen MR) is 110 cm³/mol. The Morgan fingerprint density at radius 1 is 1.20 bits per heavy atom. The van der Waals surface area contributed by atoms with Gasteiger partial charge in [-0.1, -0.05) is 11.6 Å². The molecule has 0 amide bonds. The first-order valence-corrected chi connectivity index (χ1v) is 9.29. The number of phenolic OH excluding ortho intramolecular Hbond substituents is 1. The first kappa shape index (κ1) is 19.7. The van der Waals surface area contributed by atoms with Gasteiger partial charge in [0.2, 0.25) is 0 Å². The monoisotopic (exact) mass is 429 g/mol. The minimum Gasteiger partial charge on any atom is -0.506 e. The minimum atomic E-state index is -0.629. The summed E-state index contributed by atoms with van der Waals surface area (Å²) in [7, 11) is 1.53. The third-order valence-electron chi connectivity index (χ3n) is 4.38. The van der Waals surface area contributed by atoms with Gasteiger partial charge in [0.15, 0.2) is 11.5 Å². The molecule has 0 bridgehead atoms. The van der Waals surface area contributed by atoms with Crippen LogP contribution in [0, 0.1) is 5.82 Å².